The summed E-state index contributed by atoms with van der Waals surface area (Å²) in [6, 6.07) is 11.3. The largest absolute Gasteiger partial charge is 0.423 e. The van der Waals surface area contributed by atoms with E-state index in [-0.39, 0.29) is 16.5 Å². The Hall–Kier alpha value is -2.37. The lowest BCUT2D eigenvalue weighted by atomic mass is 10.1. The quantitative estimate of drug-likeness (QED) is 0.142. The van der Waals surface area contributed by atoms with Gasteiger partial charge in [-0.2, -0.15) is 5.10 Å². The van der Waals surface area contributed by atoms with Gasteiger partial charge in [0.15, 0.2) is 0 Å². The second-order valence-electron chi connectivity index (χ2n) is 6.89. The molecule has 2 aromatic carbocycles. The Morgan fingerprint density at radius 3 is 2.40 bits per heavy atom. The lowest BCUT2D eigenvalue weighted by Gasteiger charge is -2.06. The lowest BCUT2D eigenvalue weighted by molar-refractivity contribution is -0.121. The molecule has 0 aromatic heterocycles. The first-order valence-electron chi connectivity index (χ1n) is 10.1. The number of nitrogens with zero attached hydrogens (tertiary/aromatic N) is 1. The fourth-order valence-electron chi connectivity index (χ4n) is 2.74. The zero-order valence-electron chi connectivity index (χ0n) is 17.0. The van der Waals surface area contributed by atoms with Crippen molar-refractivity contribution in [3.8, 4) is 5.75 Å². The molecule has 0 aliphatic heterocycles. The fourth-order valence-corrected chi connectivity index (χ4v) is 3.23. The number of esters is 1. The number of unbranched alkanes of at least 4 members (excludes halogenated alkanes) is 5. The summed E-state index contributed by atoms with van der Waals surface area (Å²) in [6.07, 6.45) is 8.84. The van der Waals surface area contributed by atoms with Crippen molar-refractivity contribution in [3.63, 3.8) is 0 Å². The summed E-state index contributed by atoms with van der Waals surface area (Å²) < 4.78 is 5.32. The van der Waals surface area contributed by atoms with Crippen LogP contribution in [0.4, 0.5) is 0 Å². The molecule has 0 fully saturated rings. The highest BCUT2D eigenvalue weighted by molar-refractivity contribution is 6.36. The zero-order chi connectivity index (χ0) is 21.8. The number of nitrogens with one attached hydrogen (secondary N) is 1. The first kappa shape index (κ1) is 23.9. The van der Waals surface area contributed by atoms with Gasteiger partial charge in [-0.25, -0.2) is 10.2 Å². The third kappa shape index (κ3) is 8.56. The SMILES string of the molecule is CCCCCCCCC(=O)N/N=C/c1ccc(OC(=O)c2ccc(Cl)cc2Cl)cc1. The minimum Gasteiger partial charge on any atom is -0.423 e. The summed E-state index contributed by atoms with van der Waals surface area (Å²) in [7, 11) is 0. The van der Waals surface area contributed by atoms with E-state index >= 15 is 0 Å². The molecule has 0 bridgehead atoms. The smallest absolute Gasteiger partial charge is 0.345 e. The normalized spacial score (nSPS) is 10.9. The van der Waals surface area contributed by atoms with Crippen molar-refractivity contribution < 1.29 is 14.3 Å². The van der Waals surface area contributed by atoms with Gasteiger partial charge in [0.05, 0.1) is 16.8 Å². The molecule has 2 aromatic rings. The number of carbonyl (C=O) groups is 2. The Bertz CT molecular complexity index is 867. The van der Waals surface area contributed by atoms with Crippen molar-refractivity contribution in [1.29, 1.82) is 0 Å². The van der Waals surface area contributed by atoms with Crippen LogP contribution < -0.4 is 10.2 Å². The topological polar surface area (TPSA) is 67.8 Å². The van der Waals surface area contributed by atoms with E-state index in [2.05, 4.69) is 17.5 Å². The van der Waals surface area contributed by atoms with Crippen LogP contribution in [0.25, 0.3) is 0 Å². The highest BCUT2D eigenvalue weighted by Crippen LogP contribution is 2.23. The Morgan fingerprint density at radius 2 is 1.70 bits per heavy atom. The van der Waals surface area contributed by atoms with Crippen molar-refractivity contribution in [2.45, 2.75) is 51.9 Å². The fraction of sp³-hybridized carbons (Fsp3) is 0.348. The highest BCUT2D eigenvalue weighted by atomic mass is 35.5. The number of hydrazone groups is 1. The molecule has 0 saturated heterocycles. The van der Waals surface area contributed by atoms with Crippen molar-refractivity contribution in [3.05, 3.63) is 63.6 Å². The number of amides is 1. The average Bonchev–Trinajstić information content (AvgIpc) is 2.72. The Balaban J connectivity index is 1.76. The molecule has 1 amide bonds. The Labute approximate surface area is 187 Å². The van der Waals surface area contributed by atoms with E-state index in [1.54, 1.807) is 36.5 Å². The Kier molecular flexibility index (Phi) is 10.4. The second-order valence-corrected chi connectivity index (χ2v) is 7.74. The lowest BCUT2D eigenvalue weighted by Crippen LogP contribution is -2.16. The van der Waals surface area contributed by atoms with E-state index in [1.807, 2.05) is 0 Å². The minimum atomic E-state index is -0.569. The van der Waals surface area contributed by atoms with Gasteiger partial charge in [-0.1, -0.05) is 62.2 Å². The highest BCUT2D eigenvalue weighted by Gasteiger charge is 2.13. The molecule has 1 N–H and O–H groups in total. The van der Waals surface area contributed by atoms with Gasteiger partial charge in [0, 0.05) is 11.4 Å². The number of ether oxygens (including phenoxy) is 1. The molecule has 7 heteroatoms. The van der Waals surface area contributed by atoms with Gasteiger partial charge < -0.3 is 4.74 Å². The van der Waals surface area contributed by atoms with Crippen LogP contribution in [0.3, 0.4) is 0 Å². The summed E-state index contributed by atoms with van der Waals surface area (Å²) in [6.45, 7) is 2.18. The number of carbonyl (C=O) groups excluding carboxylic acids is 2. The van der Waals surface area contributed by atoms with Crippen molar-refractivity contribution in [2.24, 2.45) is 5.10 Å². The van der Waals surface area contributed by atoms with Gasteiger partial charge in [-0.3, -0.25) is 4.79 Å². The van der Waals surface area contributed by atoms with Crippen molar-refractivity contribution in [2.75, 3.05) is 0 Å². The van der Waals surface area contributed by atoms with E-state index in [1.165, 1.54) is 37.8 Å². The molecule has 0 aliphatic carbocycles. The summed E-state index contributed by atoms with van der Waals surface area (Å²) in [5.41, 5.74) is 3.53. The van der Waals surface area contributed by atoms with E-state index in [0.29, 0.717) is 17.2 Å². The van der Waals surface area contributed by atoms with Crippen molar-refractivity contribution in [1.82, 2.24) is 5.43 Å². The van der Waals surface area contributed by atoms with E-state index in [4.69, 9.17) is 27.9 Å². The van der Waals surface area contributed by atoms with E-state index in [0.717, 1.165) is 18.4 Å². The predicted octanol–water partition coefficient (Wildman–Crippen LogP) is 6.41. The molecule has 5 nitrogen and oxygen atoms in total. The second kappa shape index (κ2) is 13.0. The van der Waals surface area contributed by atoms with E-state index in [9.17, 15) is 9.59 Å². The van der Waals surface area contributed by atoms with Crippen molar-refractivity contribution >= 4 is 41.3 Å². The van der Waals surface area contributed by atoms with Crippen LogP contribution in [-0.4, -0.2) is 18.1 Å². The monoisotopic (exact) mass is 448 g/mol. The van der Waals surface area contributed by atoms with E-state index < -0.39 is 5.97 Å². The van der Waals surface area contributed by atoms with Gasteiger partial charge >= 0.3 is 5.97 Å². The average molecular weight is 449 g/mol. The third-order valence-corrected chi connectivity index (χ3v) is 4.95. The molecule has 30 heavy (non-hydrogen) atoms. The number of hydrogen-bond acceptors (Lipinski definition) is 4. The molecule has 0 heterocycles. The summed E-state index contributed by atoms with van der Waals surface area (Å²) in [5.74, 6) is -0.289. The minimum absolute atomic E-state index is 0.0906. The van der Waals surface area contributed by atoms with Gasteiger partial charge in [0.2, 0.25) is 5.91 Å². The number of halogens is 2. The molecular weight excluding hydrogens is 423 g/mol. The molecular formula is C23H26Cl2N2O3. The molecule has 2 rings (SSSR count). The Morgan fingerprint density at radius 1 is 1.00 bits per heavy atom. The first-order chi connectivity index (χ1) is 14.5. The standard InChI is InChI=1S/C23H26Cl2N2O3/c1-2-3-4-5-6-7-8-22(28)27-26-16-17-9-12-19(13-10-17)30-23(29)20-14-11-18(24)15-21(20)25/h9-16H,2-8H2,1H3,(H,27,28)/b26-16+. The van der Waals surface area contributed by atoms with Gasteiger partial charge in [0.25, 0.3) is 0 Å². The number of benzene rings is 2. The maximum absolute atomic E-state index is 12.2. The van der Waals surface area contributed by atoms with Crippen LogP contribution in [0.5, 0.6) is 5.75 Å². The third-order valence-electron chi connectivity index (χ3n) is 4.40. The maximum atomic E-state index is 12.2. The summed E-state index contributed by atoms with van der Waals surface area (Å²) in [5, 5.41) is 4.64. The maximum Gasteiger partial charge on any atom is 0.345 e. The van der Waals surface area contributed by atoms with Crippen LogP contribution >= 0.6 is 23.2 Å². The number of rotatable bonds is 11. The molecule has 0 atom stereocenters. The molecule has 0 radical (unpaired) electrons. The van der Waals surface area contributed by atoms with Crippen LogP contribution in [-0.2, 0) is 4.79 Å². The molecule has 0 saturated carbocycles. The van der Waals surface area contributed by atoms with Crippen LogP contribution in [0, 0.1) is 0 Å². The van der Waals surface area contributed by atoms with Crippen LogP contribution in [0.2, 0.25) is 10.0 Å². The van der Waals surface area contributed by atoms with Crippen LogP contribution in [0.15, 0.2) is 47.6 Å². The number of hydrogen-bond donors (Lipinski definition) is 1. The van der Waals surface area contributed by atoms with Crippen LogP contribution in [0.1, 0.15) is 67.8 Å². The predicted molar refractivity (Wildman–Crippen MR) is 122 cm³/mol. The molecule has 160 valence electrons. The van der Waals surface area contributed by atoms with Gasteiger partial charge in [-0.15, -0.1) is 0 Å². The summed E-state index contributed by atoms with van der Waals surface area (Å²) >= 11 is 11.9. The van der Waals surface area contributed by atoms with Gasteiger partial charge in [0.1, 0.15) is 5.75 Å². The van der Waals surface area contributed by atoms with Gasteiger partial charge in [-0.05, 0) is 54.4 Å². The molecule has 0 spiro atoms. The first-order valence-corrected chi connectivity index (χ1v) is 10.8. The molecule has 0 aliphatic rings. The zero-order valence-corrected chi connectivity index (χ0v) is 18.5. The molecule has 0 unspecified atom stereocenters. The summed E-state index contributed by atoms with van der Waals surface area (Å²) in [4.78, 5) is 24.0.